The topological polar surface area (TPSA) is 44.8 Å². The Kier molecular flexibility index (Phi) is 4.35. The molecule has 1 aliphatic heterocycles. The van der Waals surface area contributed by atoms with Gasteiger partial charge in [-0.15, -0.1) is 0 Å². The van der Waals surface area contributed by atoms with Gasteiger partial charge < -0.3 is 14.2 Å². The van der Waals surface area contributed by atoms with Crippen LogP contribution in [-0.2, 0) is 19.0 Å². The van der Waals surface area contributed by atoms with Crippen LogP contribution in [0.5, 0.6) is 0 Å². The van der Waals surface area contributed by atoms with Gasteiger partial charge in [-0.2, -0.15) is 0 Å². The molecule has 4 heteroatoms. The van der Waals surface area contributed by atoms with Crippen LogP contribution >= 0.6 is 0 Å². The fourth-order valence-corrected chi connectivity index (χ4v) is 1.49. The first-order chi connectivity index (χ1) is 6.29. The van der Waals surface area contributed by atoms with Gasteiger partial charge in [0.25, 0.3) is 0 Å². The van der Waals surface area contributed by atoms with Crippen LogP contribution in [0.3, 0.4) is 0 Å². The second kappa shape index (κ2) is 5.32. The number of methoxy groups -OCH3 is 2. The van der Waals surface area contributed by atoms with E-state index < -0.39 is 6.29 Å². The van der Waals surface area contributed by atoms with Crippen LogP contribution in [0.25, 0.3) is 0 Å². The van der Waals surface area contributed by atoms with Gasteiger partial charge in [0.2, 0.25) is 6.29 Å². The van der Waals surface area contributed by atoms with Crippen LogP contribution in [0.4, 0.5) is 0 Å². The molecule has 76 valence electrons. The molecule has 0 aliphatic carbocycles. The van der Waals surface area contributed by atoms with Gasteiger partial charge in [-0.05, 0) is 12.8 Å². The SMILES string of the molecule is COC(OC)C(=O)C1CCCOC1. The molecule has 0 aromatic heterocycles. The van der Waals surface area contributed by atoms with Gasteiger partial charge in [0.1, 0.15) is 0 Å². The summed E-state index contributed by atoms with van der Waals surface area (Å²) in [5.41, 5.74) is 0. The smallest absolute Gasteiger partial charge is 0.217 e. The van der Waals surface area contributed by atoms with E-state index in [4.69, 9.17) is 14.2 Å². The minimum Gasteiger partial charge on any atom is -0.381 e. The minimum atomic E-state index is -0.730. The predicted octanol–water partition coefficient (Wildman–Crippen LogP) is 0.601. The summed E-state index contributed by atoms with van der Waals surface area (Å²) in [4.78, 5) is 11.6. The Morgan fingerprint density at radius 1 is 1.46 bits per heavy atom. The highest BCUT2D eigenvalue weighted by atomic mass is 16.7. The molecule has 1 aliphatic rings. The fourth-order valence-electron chi connectivity index (χ4n) is 1.49. The van der Waals surface area contributed by atoms with Crippen molar-refractivity contribution in [2.24, 2.45) is 5.92 Å². The number of carbonyl (C=O) groups excluding carboxylic acids is 1. The summed E-state index contributed by atoms with van der Waals surface area (Å²) in [6, 6.07) is 0. The molecule has 0 amide bonds. The Bertz CT molecular complexity index is 159. The lowest BCUT2D eigenvalue weighted by atomic mass is 9.97. The van der Waals surface area contributed by atoms with Crippen LogP contribution in [-0.4, -0.2) is 39.5 Å². The van der Waals surface area contributed by atoms with Crippen LogP contribution < -0.4 is 0 Å². The molecule has 4 nitrogen and oxygen atoms in total. The first-order valence-electron chi connectivity index (χ1n) is 4.46. The van der Waals surface area contributed by atoms with Crippen molar-refractivity contribution < 1.29 is 19.0 Å². The molecule has 1 rings (SSSR count). The summed E-state index contributed by atoms with van der Waals surface area (Å²) in [5, 5.41) is 0. The summed E-state index contributed by atoms with van der Waals surface area (Å²) in [5.74, 6) is -0.0663. The van der Waals surface area contributed by atoms with Crippen molar-refractivity contribution in [3.8, 4) is 0 Å². The highest BCUT2D eigenvalue weighted by Crippen LogP contribution is 2.17. The van der Waals surface area contributed by atoms with E-state index in [0.29, 0.717) is 6.61 Å². The zero-order valence-electron chi connectivity index (χ0n) is 8.12. The van der Waals surface area contributed by atoms with Gasteiger partial charge in [-0.25, -0.2) is 0 Å². The van der Waals surface area contributed by atoms with Gasteiger partial charge in [-0.3, -0.25) is 4.79 Å². The normalized spacial score (nSPS) is 23.5. The molecular formula is C9H16O4. The van der Waals surface area contributed by atoms with E-state index in [1.54, 1.807) is 0 Å². The molecule has 0 saturated carbocycles. The lowest BCUT2D eigenvalue weighted by Crippen LogP contribution is -2.35. The molecule has 0 spiro atoms. The zero-order valence-corrected chi connectivity index (χ0v) is 8.12. The maximum absolute atomic E-state index is 11.6. The molecule has 0 radical (unpaired) electrons. The van der Waals surface area contributed by atoms with E-state index in [1.807, 2.05) is 0 Å². The molecule has 0 aromatic carbocycles. The number of rotatable bonds is 4. The second-order valence-electron chi connectivity index (χ2n) is 3.12. The third kappa shape index (κ3) is 2.76. The summed E-state index contributed by atoms with van der Waals surface area (Å²) < 4.78 is 15.0. The lowest BCUT2D eigenvalue weighted by molar-refractivity contribution is -0.164. The third-order valence-electron chi connectivity index (χ3n) is 2.22. The Morgan fingerprint density at radius 3 is 2.62 bits per heavy atom. The van der Waals surface area contributed by atoms with Gasteiger partial charge in [0, 0.05) is 26.7 Å². The molecule has 1 unspecified atom stereocenters. The number of Topliss-reactive ketones (excluding diaryl/α,β-unsaturated/α-hetero) is 1. The number of ketones is 1. The number of hydrogen-bond acceptors (Lipinski definition) is 4. The van der Waals surface area contributed by atoms with Crippen molar-refractivity contribution in [1.82, 2.24) is 0 Å². The van der Waals surface area contributed by atoms with Crippen molar-refractivity contribution in [3.63, 3.8) is 0 Å². The van der Waals surface area contributed by atoms with Crippen molar-refractivity contribution in [2.45, 2.75) is 19.1 Å². The molecule has 1 saturated heterocycles. The van der Waals surface area contributed by atoms with E-state index in [-0.39, 0.29) is 11.7 Å². The van der Waals surface area contributed by atoms with Crippen LogP contribution in [0.2, 0.25) is 0 Å². The first kappa shape index (κ1) is 10.6. The quantitative estimate of drug-likeness (QED) is 0.606. The van der Waals surface area contributed by atoms with E-state index in [1.165, 1.54) is 14.2 Å². The largest absolute Gasteiger partial charge is 0.381 e. The Labute approximate surface area is 78.2 Å². The Hall–Kier alpha value is -0.450. The fraction of sp³-hybridized carbons (Fsp3) is 0.889. The first-order valence-corrected chi connectivity index (χ1v) is 4.46. The highest BCUT2D eigenvalue weighted by molar-refractivity contribution is 5.84. The van der Waals surface area contributed by atoms with Crippen LogP contribution in [0, 0.1) is 5.92 Å². The molecule has 0 aromatic rings. The summed E-state index contributed by atoms with van der Waals surface area (Å²) in [6.07, 6.45) is 1.09. The van der Waals surface area contributed by atoms with Crippen molar-refractivity contribution in [3.05, 3.63) is 0 Å². The third-order valence-corrected chi connectivity index (χ3v) is 2.22. The summed E-state index contributed by atoms with van der Waals surface area (Å²) in [7, 11) is 2.94. The van der Waals surface area contributed by atoms with Gasteiger partial charge in [-0.1, -0.05) is 0 Å². The van der Waals surface area contributed by atoms with Crippen molar-refractivity contribution in [2.75, 3.05) is 27.4 Å². The van der Waals surface area contributed by atoms with E-state index >= 15 is 0 Å². The van der Waals surface area contributed by atoms with E-state index in [2.05, 4.69) is 0 Å². The van der Waals surface area contributed by atoms with Crippen LogP contribution in [0.15, 0.2) is 0 Å². The second-order valence-corrected chi connectivity index (χ2v) is 3.12. The summed E-state index contributed by atoms with van der Waals surface area (Å²) >= 11 is 0. The van der Waals surface area contributed by atoms with E-state index in [9.17, 15) is 4.79 Å². The monoisotopic (exact) mass is 188 g/mol. The van der Waals surface area contributed by atoms with Gasteiger partial charge in [0.15, 0.2) is 5.78 Å². The maximum Gasteiger partial charge on any atom is 0.217 e. The molecule has 1 atom stereocenters. The molecule has 0 N–H and O–H groups in total. The molecule has 0 bridgehead atoms. The number of carbonyl (C=O) groups is 1. The van der Waals surface area contributed by atoms with Crippen molar-refractivity contribution >= 4 is 5.78 Å². The van der Waals surface area contributed by atoms with Gasteiger partial charge in [0.05, 0.1) is 6.61 Å². The average molecular weight is 188 g/mol. The molecular weight excluding hydrogens is 172 g/mol. The highest BCUT2D eigenvalue weighted by Gasteiger charge is 2.28. The standard InChI is InChI=1S/C9H16O4/c1-11-9(12-2)8(10)7-4-3-5-13-6-7/h7,9H,3-6H2,1-2H3. The lowest BCUT2D eigenvalue weighted by Gasteiger charge is -2.23. The average Bonchev–Trinajstić information content (AvgIpc) is 2.21. The maximum atomic E-state index is 11.6. The molecule has 1 fully saturated rings. The van der Waals surface area contributed by atoms with Crippen LogP contribution in [0.1, 0.15) is 12.8 Å². The number of ether oxygens (including phenoxy) is 3. The zero-order chi connectivity index (χ0) is 9.68. The van der Waals surface area contributed by atoms with Gasteiger partial charge >= 0.3 is 0 Å². The number of hydrogen-bond donors (Lipinski definition) is 0. The summed E-state index contributed by atoms with van der Waals surface area (Å²) in [6.45, 7) is 1.26. The molecule has 13 heavy (non-hydrogen) atoms. The van der Waals surface area contributed by atoms with Crippen molar-refractivity contribution in [1.29, 1.82) is 0 Å². The van der Waals surface area contributed by atoms with E-state index in [0.717, 1.165) is 19.4 Å². The Balaban J connectivity index is 2.44. The predicted molar refractivity (Wildman–Crippen MR) is 46.4 cm³/mol. The molecule has 1 heterocycles. The minimum absolute atomic E-state index is 0.00954. The Morgan fingerprint density at radius 2 is 2.15 bits per heavy atom.